The molecule has 5 heteroatoms. The van der Waals surface area contributed by atoms with Crippen LogP contribution in [0.2, 0.25) is 0 Å². The number of carbonyl (C=O) groups is 1. The Balaban J connectivity index is 1.52. The van der Waals surface area contributed by atoms with Gasteiger partial charge in [0.05, 0.1) is 7.11 Å². The third-order valence-electron chi connectivity index (χ3n) is 3.95. The maximum atomic E-state index is 12.0. The lowest BCUT2D eigenvalue weighted by Gasteiger charge is -2.09. The Labute approximate surface area is 147 Å². The Bertz CT molecular complexity index is 798. The van der Waals surface area contributed by atoms with E-state index in [2.05, 4.69) is 11.4 Å². The molecule has 0 aromatic heterocycles. The van der Waals surface area contributed by atoms with E-state index in [0.29, 0.717) is 18.7 Å². The molecule has 2 aromatic carbocycles. The summed E-state index contributed by atoms with van der Waals surface area (Å²) in [6, 6.07) is 11.6. The average molecular weight is 339 g/mol. The minimum Gasteiger partial charge on any atom is -0.496 e. The van der Waals surface area contributed by atoms with Crippen molar-refractivity contribution in [2.45, 2.75) is 13.3 Å². The molecule has 0 saturated carbocycles. The van der Waals surface area contributed by atoms with Crippen LogP contribution < -0.4 is 19.5 Å². The van der Waals surface area contributed by atoms with Gasteiger partial charge in [-0.3, -0.25) is 4.79 Å². The molecule has 5 nitrogen and oxygen atoms in total. The van der Waals surface area contributed by atoms with Crippen LogP contribution in [0.5, 0.6) is 17.2 Å². The second-order valence-electron chi connectivity index (χ2n) is 5.80. The van der Waals surface area contributed by atoms with E-state index >= 15 is 0 Å². The Kier molecular flexibility index (Phi) is 5.23. The summed E-state index contributed by atoms with van der Waals surface area (Å²) < 4.78 is 15.9. The predicted octanol–water partition coefficient (Wildman–Crippen LogP) is 3.10. The monoisotopic (exact) mass is 339 g/mol. The summed E-state index contributed by atoms with van der Waals surface area (Å²) in [5, 5.41) is 2.89. The van der Waals surface area contributed by atoms with E-state index in [1.54, 1.807) is 13.2 Å². The fourth-order valence-corrected chi connectivity index (χ4v) is 2.67. The number of methoxy groups -OCH3 is 1. The van der Waals surface area contributed by atoms with Crippen LogP contribution >= 0.6 is 0 Å². The molecule has 0 unspecified atom stereocenters. The fourth-order valence-electron chi connectivity index (χ4n) is 2.67. The summed E-state index contributed by atoms with van der Waals surface area (Å²) in [4.78, 5) is 12.0. The summed E-state index contributed by atoms with van der Waals surface area (Å²) in [6.07, 6.45) is 3.99. The highest BCUT2D eigenvalue weighted by Gasteiger charge is 2.12. The summed E-state index contributed by atoms with van der Waals surface area (Å²) in [5.41, 5.74) is 3.15. The number of hydrogen-bond donors (Lipinski definition) is 1. The molecule has 0 atom stereocenters. The van der Waals surface area contributed by atoms with Crippen molar-refractivity contribution in [2.75, 3.05) is 20.4 Å². The van der Waals surface area contributed by atoms with Crippen molar-refractivity contribution in [3.8, 4) is 17.2 Å². The van der Waals surface area contributed by atoms with Crippen molar-refractivity contribution < 1.29 is 19.0 Å². The van der Waals surface area contributed by atoms with Gasteiger partial charge < -0.3 is 19.5 Å². The molecule has 130 valence electrons. The molecule has 2 aromatic rings. The molecule has 0 fully saturated rings. The summed E-state index contributed by atoms with van der Waals surface area (Å²) in [7, 11) is 1.65. The van der Waals surface area contributed by atoms with E-state index in [0.717, 1.165) is 22.6 Å². The van der Waals surface area contributed by atoms with Gasteiger partial charge in [-0.25, -0.2) is 0 Å². The highest BCUT2D eigenvalue weighted by molar-refractivity contribution is 5.91. The third kappa shape index (κ3) is 4.32. The topological polar surface area (TPSA) is 56.8 Å². The molecular formula is C20H21NO4. The number of amides is 1. The molecule has 0 aliphatic carbocycles. The van der Waals surface area contributed by atoms with Crippen LogP contribution in [0.4, 0.5) is 0 Å². The zero-order chi connectivity index (χ0) is 17.6. The number of rotatable bonds is 6. The molecule has 25 heavy (non-hydrogen) atoms. The van der Waals surface area contributed by atoms with Crippen molar-refractivity contribution in [3.63, 3.8) is 0 Å². The van der Waals surface area contributed by atoms with E-state index < -0.39 is 0 Å². The number of nitrogens with one attached hydrogen (secondary N) is 1. The predicted molar refractivity (Wildman–Crippen MR) is 96.0 cm³/mol. The minimum atomic E-state index is -0.135. The number of fused-ring (bicyclic) bond motifs is 1. The minimum absolute atomic E-state index is 0.135. The zero-order valence-electron chi connectivity index (χ0n) is 14.4. The molecule has 0 spiro atoms. The van der Waals surface area contributed by atoms with Crippen LogP contribution in [0.1, 0.15) is 16.7 Å². The van der Waals surface area contributed by atoms with Gasteiger partial charge in [-0.2, -0.15) is 0 Å². The van der Waals surface area contributed by atoms with E-state index in [1.807, 2.05) is 37.3 Å². The number of carbonyl (C=O) groups excluding carboxylic acids is 1. The molecule has 1 N–H and O–H groups in total. The molecule has 1 aliphatic heterocycles. The van der Waals surface area contributed by atoms with Gasteiger partial charge >= 0.3 is 0 Å². The molecule has 0 bridgehead atoms. The third-order valence-corrected chi connectivity index (χ3v) is 3.95. The Hall–Kier alpha value is -2.95. The lowest BCUT2D eigenvalue weighted by molar-refractivity contribution is -0.116. The summed E-state index contributed by atoms with van der Waals surface area (Å²) in [6.45, 7) is 2.82. The smallest absolute Gasteiger partial charge is 0.244 e. The van der Waals surface area contributed by atoms with Crippen molar-refractivity contribution in [1.82, 2.24) is 5.32 Å². The number of hydrogen-bond acceptors (Lipinski definition) is 4. The second-order valence-corrected chi connectivity index (χ2v) is 5.80. The van der Waals surface area contributed by atoms with Crippen molar-refractivity contribution >= 4 is 12.0 Å². The van der Waals surface area contributed by atoms with Crippen molar-refractivity contribution in [3.05, 3.63) is 59.2 Å². The summed E-state index contributed by atoms with van der Waals surface area (Å²) in [5.74, 6) is 2.14. The first-order chi connectivity index (χ1) is 12.2. The van der Waals surface area contributed by atoms with E-state index in [9.17, 15) is 4.79 Å². The van der Waals surface area contributed by atoms with Gasteiger partial charge in [0.15, 0.2) is 11.5 Å². The number of benzene rings is 2. The van der Waals surface area contributed by atoms with Crippen molar-refractivity contribution in [2.24, 2.45) is 0 Å². The Morgan fingerprint density at radius 1 is 1.20 bits per heavy atom. The second kappa shape index (κ2) is 7.75. The first kappa shape index (κ1) is 16.9. The standard InChI is InChI=1S/C20H21NO4/c1-14-3-6-17(23-2)16(11-14)9-10-21-20(22)8-5-15-4-7-18-19(12-15)25-13-24-18/h3-8,11-12H,9-10,13H2,1-2H3,(H,21,22)/b8-5+. The van der Waals surface area contributed by atoms with Gasteiger partial charge in [0, 0.05) is 12.6 Å². The van der Waals surface area contributed by atoms with Gasteiger partial charge in [-0.1, -0.05) is 23.8 Å². The maximum absolute atomic E-state index is 12.0. The highest BCUT2D eigenvalue weighted by Crippen LogP contribution is 2.32. The largest absolute Gasteiger partial charge is 0.496 e. The van der Waals surface area contributed by atoms with Crippen molar-refractivity contribution in [1.29, 1.82) is 0 Å². The van der Waals surface area contributed by atoms with Crippen LogP contribution in [0.15, 0.2) is 42.5 Å². The van der Waals surface area contributed by atoms with Crippen LogP contribution in [0.25, 0.3) is 6.08 Å². The van der Waals surface area contributed by atoms with Gasteiger partial charge in [0.1, 0.15) is 5.75 Å². The summed E-state index contributed by atoms with van der Waals surface area (Å²) >= 11 is 0. The molecule has 1 heterocycles. The highest BCUT2D eigenvalue weighted by atomic mass is 16.7. The zero-order valence-corrected chi connectivity index (χ0v) is 14.4. The number of aryl methyl sites for hydroxylation is 1. The first-order valence-corrected chi connectivity index (χ1v) is 8.15. The van der Waals surface area contributed by atoms with E-state index in [4.69, 9.17) is 14.2 Å². The van der Waals surface area contributed by atoms with Gasteiger partial charge in [-0.15, -0.1) is 0 Å². The molecule has 0 radical (unpaired) electrons. The van der Waals surface area contributed by atoms with Crippen LogP contribution in [0, 0.1) is 6.92 Å². The lowest BCUT2D eigenvalue weighted by atomic mass is 10.1. The van der Waals surface area contributed by atoms with Gasteiger partial charge in [0.25, 0.3) is 0 Å². The van der Waals surface area contributed by atoms with Crippen LogP contribution in [-0.2, 0) is 11.2 Å². The van der Waals surface area contributed by atoms with E-state index in [1.165, 1.54) is 11.6 Å². The Morgan fingerprint density at radius 2 is 2.04 bits per heavy atom. The fraction of sp³-hybridized carbons (Fsp3) is 0.250. The Morgan fingerprint density at radius 3 is 2.88 bits per heavy atom. The molecule has 1 aliphatic rings. The molecule has 1 amide bonds. The molecular weight excluding hydrogens is 318 g/mol. The first-order valence-electron chi connectivity index (χ1n) is 8.15. The average Bonchev–Trinajstić information content (AvgIpc) is 3.08. The van der Waals surface area contributed by atoms with Crippen LogP contribution in [-0.4, -0.2) is 26.4 Å². The normalized spacial score (nSPS) is 12.4. The SMILES string of the molecule is COc1ccc(C)cc1CCNC(=O)/C=C/c1ccc2c(c1)OCO2. The quantitative estimate of drug-likeness (QED) is 0.822. The lowest BCUT2D eigenvalue weighted by Crippen LogP contribution is -2.23. The van der Waals surface area contributed by atoms with Gasteiger partial charge in [-0.05, 0) is 48.7 Å². The molecule has 0 saturated heterocycles. The van der Waals surface area contributed by atoms with Gasteiger partial charge in [0.2, 0.25) is 12.7 Å². The molecule has 3 rings (SSSR count). The maximum Gasteiger partial charge on any atom is 0.244 e. The number of ether oxygens (including phenoxy) is 3. The van der Waals surface area contributed by atoms with Crippen LogP contribution in [0.3, 0.4) is 0 Å². The van der Waals surface area contributed by atoms with E-state index in [-0.39, 0.29) is 12.7 Å².